The van der Waals surface area contributed by atoms with Crippen molar-refractivity contribution in [1.82, 2.24) is 19.9 Å². The summed E-state index contributed by atoms with van der Waals surface area (Å²) in [4.78, 5) is 32.3. The molecule has 4 rings (SSSR count). The van der Waals surface area contributed by atoms with Crippen LogP contribution in [0.2, 0.25) is 0 Å². The van der Waals surface area contributed by atoms with Gasteiger partial charge in [0, 0.05) is 56.1 Å². The molecule has 2 aromatic heterocycles. The van der Waals surface area contributed by atoms with Gasteiger partial charge in [-0.05, 0) is 31.4 Å². The van der Waals surface area contributed by atoms with Crippen molar-refractivity contribution in [2.75, 3.05) is 19.6 Å². The number of hydrogen-bond acceptors (Lipinski definition) is 5. The van der Waals surface area contributed by atoms with Gasteiger partial charge in [-0.3, -0.25) is 14.6 Å². The highest BCUT2D eigenvalue weighted by molar-refractivity contribution is 5.93. The maximum Gasteiger partial charge on any atom is 0.276 e. The van der Waals surface area contributed by atoms with Crippen LogP contribution < -0.4 is 0 Å². The minimum atomic E-state index is -0.120. The van der Waals surface area contributed by atoms with Gasteiger partial charge in [-0.1, -0.05) is 5.16 Å². The molecule has 2 amide bonds. The fraction of sp³-hybridized carbons (Fsp3) is 0.444. The first-order valence-electron chi connectivity index (χ1n) is 8.68. The van der Waals surface area contributed by atoms with Crippen molar-refractivity contribution in [1.29, 1.82) is 0 Å². The third-order valence-electron chi connectivity index (χ3n) is 4.98. The topological polar surface area (TPSA) is 79.5 Å². The highest BCUT2D eigenvalue weighted by atomic mass is 16.5. The van der Waals surface area contributed by atoms with Crippen molar-refractivity contribution in [3.05, 3.63) is 36.3 Å². The second kappa shape index (κ2) is 6.66. The first-order chi connectivity index (χ1) is 12.2. The number of nitrogens with zero attached hydrogens (tertiary/aromatic N) is 4. The van der Waals surface area contributed by atoms with Crippen LogP contribution in [0.3, 0.4) is 0 Å². The second-order valence-electron chi connectivity index (χ2n) is 6.53. The first kappa shape index (κ1) is 15.8. The minimum Gasteiger partial charge on any atom is -0.355 e. The molecule has 0 atom stereocenters. The van der Waals surface area contributed by atoms with Crippen molar-refractivity contribution in [2.45, 2.75) is 31.7 Å². The zero-order valence-electron chi connectivity index (χ0n) is 13.9. The molecular weight excluding hydrogens is 320 g/mol. The van der Waals surface area contributed by atoms with Crippen LogP contribution in [0.1, 0.15) is 36.2 Å². The van der Waals surface area contributed by atoms with Crippen LogP contribution in [-0.2, 0) is 4.79 Å². The summed E-state index contributed by atoms with van der Waals surface area (Å²) in [5, 5.41) is 3.92. The van der Waals surface area contributed by atoms with Crippen LogP contribution in [0.25, 0.3) is 11.3 Å². The Morgan fingerprint density at radius 2 is 2.08 bits per heavy atom. The summed E-state index contributed by atoms with van der Waals surface area (Å²) in [5.74, 6) is 0.668. The van der Waals surface area contributed by atoms with Gasteiger partial charge in [-0.25, -0.2) is 0 Å². The summed E-state index contributed by atoms with van der Waals surface area (Å²) >= 11 is 0. The summed E-state index contributed by atoms with van der Waals surface area (Å²) in [6.45, 7) is 2.14. The molecule has 0 bridgehead atoms. The lowest BCUT2D eigenvalue weighted by Crippen LogP contribution is -2.47. The number of piperidine rings is 1. The monoisotopic (exact) mass is 340 g/mol. The van der Waals surface area contributed by atoms with Gasteiger partial charge in [0.25, 0.3) is 5.91 Å². The summed E-state index contributed by atoms with van der Waals surface area (Å²) in [6.07, 6.45) is 6.62. The van der Waals surface area contributed by atoms with E-state index in [-0.39, 0.29) is 17.9 Å². The Kier molecular flexibility index (Phi) is 4.21. The predicted molar refractivity (Wildman–Crippen MR) is 89.6 cm³/mol. The molecule has 2 fully saturated rings. The van der Waals surface area contributed by atoms with Gasteiger partial charge >= 0.3 is 0 Å². The molecule has 2 saturated heterocycles. The van der Waals surface area contributed by atoms with Crippen LogP contribution in [0.5, 0.6) is 0 Å². The predicted octanol–water partition coefficient (Wildman–Crippen LogP) is 1.96. The molecule has 0 unspecified atom stereocenters. The summed E-state index contributed by atoms with van der Waals surface area (Å²) in [5.41, 5.74) is 1.11. The molecule has 25 heavy (non-hydrogen) atoms. The molecule has 0 saturated carbocycles. The van der Waals surface area contributed by atoms with E-state index in [1.807, 2.05) is 17.0 Å². The van der Waals surface area contributed by atoms with Crippen molar-refractivity contribution in [2.24, 2.45) is 0 Å². The van der Waals surface area contributed by atoms with Crippen molar-refractivity contribution in [3.63, 3.8) is 0 Å². The average Bonchev–Trinajstić information content (AvgIpc) is 3.31. The molecule has 130 valence electrons. The Balaban J connectivity index is 1.39. The van der Waals surface area contributed by atoms with E-state index < -0.39 is 0 Å². The standard InChI is InChI=1S/C18H20N4O3/c23-17-4-2-8-22(17)14-5-9-21(10-6-14)18(24)15-11-16(25-20-15)13-3-1-7-19-12-13/h1,3,7,11-12,14H,2,4-6,8-10H2. The SMILES string of the molecule is O=C(c1cc(-c2cccnc2)on1)N1CCC(N2CCCC2=O)CC1. The van der Waals surface area contributed by atoms with Gasteiger partial charge in [0.15, 0.2) is 11.5 Å². The molecule has 0 aliphatic carbocycles. The molecule has 0 aromatic carbocycles. The van der Waals surface area contributed by atoms with Gasteiger partial charge in [-0.2, -0.15) is 0 Å². The summed E-state index contributed by atoms with van der Waals surface area (Å²) in [7, 11) is 0. The highest BCUT2D eigenvalue weighted by Gasteiger charge is 2.32. The van der Waals surface area contributed by atoms with Gasteiger partial charge in [0.05, 0.1) is 0 Å². The highest BCUT2D eigenvalue weighted by Crippen LogP contribution is 2.24. The van der Waals surface area contributed by atoms with Crippen LogP contribution in [0, 0.1) is 0 Å². The molecule has 0 spiro atoms. The van der Waals surface area contributed by atoms with E-state index >= 15 is 0 Å². The molecule has 0 radical (unpaired) electrons. The van der Waals surface area contributed by atoms with Gasteiger partial charge in [0.2, 0.25) is 5.91 Å². The first-order valence-corrected chi connectivity index (χ1v) is 8.68. The van der Waals surface area contributed by atoms with Crippen LogP contribution in [0.4, 0.5) is 0 Å². The summed E-state index contributed by atoms with van der Waals surface area (Å²) < 4.78 is 5.29. The van der Waals surface area contributed by atoms with Gasteiger partial charge < -0.3 is 14.3 Å². The lowest BCUT2D eigenvalue weighted by atomic mass is 10.0. The quantitative estimate of drug-likeness (QED) is 0.853. The molecule has 2 aliphatic heterocycles. The zero-order chi connectivity index (χ0) is 17.2. The number of pyridine rings is 1. The Labute approximate surface area is 145 Å². The normalized spacial score (nSPS) is 18.8. The Morgan fingerprint density at radius 3 is 2.76 bits per heavy atom. The number of rotatable bonds is 3. The second-order valence-corrected chi connectivity index (χ2v) is 6.53. The Morgan fingerprint density at radius 1 is 1.24 bits per heavy atom. The maximum atomic E-state index is 12.6. The fourth-order valence-corrected chi connectivity index (χ4v) is 3.62. The number of amides is 2. The molecule has 2 aromatic rings. The molecule has 2 aliphatic rings. The largest absolute Gasteiger partial charge is 0.355 e. The number of hydrogen-bond donors (Lipinski definition) is 0. The number of aromatic nitrogens is 2. The van der Waals surface area contributed by atoms with Crippen LogP contribution in [-0.4, -0.2) is 57.4 Å². The average molecular weight is 340 g/mol. The molecule has 7 heteroatoms. The number of likely N-dealkylation sites (tertiary alicyclic amines) is 2. The maximum absolute atomic E-state index is 12.6. The van der Waals surface area contributed by atoms with E-state index in [9.17, 15) is 9.59 Å². The van der Waals surface area contributed by atoms with E-state index in [0.717, 1.165) is 31.4 Å². The zero-order valence-corrected chi connectivity index (χ0v) is 13.9. The summed E-state index contributed by atoms with van der Waals surface area (Å²) in [6, 6.07) is 5.60. The number of carbonyl (C=O) groups is 2. The van der Waals surface area contributed by atoms with E-state index in [0.29, 0.717) is 31.0 Å². The number of carbonyl (C=O) groups excluding carboxylic acids is 2. The lowest BCUT2D eigenvalue weighted by molar-refractivity contribution is -0.130. The molecular formula is C18H20N4O3. The van der Waals surface area contributed by atoms with Crippen LogP contribution >= 0.6 is 0 Å². The van der Waals surface area contributed by atoms with E-state index in [2.05, 4.69) is 10.1 Å². The van der Waals surface area contributed by atoms with Crippen molar-refractivity contribution >= 4 is 11.8 Å². The van der Waals surface area contributed by atoms with Gasteiger partial charge in [0.1, 0.15) is 0 Å². The van der Waals surface area contributed by atoms with Crippen molar-refractivity contribution < 1.29 is 14.1 Å². The third kappa shape index (κ3) is 3.14. The van der Waals surface area contributed by atoms with E-state index in [1.165, 1.54) is 0 Å². The fourth-order valence-electron chi connectivity index (χ4n) is 3.62. The van der Waals surface area contributed by atoms with Crippen LogP contribution in [0.15, 0.2) is 35.1 Å². The van der Waals surface area contributed by atoms with Crippen molar-refractivity contribution in [3.8, 4) is 11.3 Å². The van der Waals surface area contributed by atoms with E-state index in [1.54, 1.807) is 23.4 Å². The molecule has 7 nitrogen and oxygen atoms in total. The Bertz CT molecular complexity index is 766. The third-order valence-corrected chi connectivity index (χ3v) is 4.98. The molecule has 0 N–H and O–H groups in total. The smallest absolute Gasteiger partial charge is 0.276 e. The van der Waals surface area contributed by atoms with E-state index in [4.69, 9.17) is 4.52 Å². The molecule has 4 heterocycles. The Hall–Kier alpha value is -2.70. The minimum absolute atomic E-state index is 0.120. The van der Waals surface area contributed by atoms with Gasteiger partial charge in [-0.15, -0.1) is 0 Å². The lowest BCUT2D eigenvalue weighted by Gasteiger charge is -2.36.